The van der Waals surface area contributed by atoms with Gasteiger partial charge >= 0.3 is 0 Å². The van der Waals surface area contributed by atoms with E-state index in [4.69, 9.17) is 4.74 Å². The first-order chi connectivity index (χ1) is 12.0. The molecule has 1 heterocycles. The van der Waals surface area contributed by atoms with Gasteiger partial charge in [0.2, 0.25) is 0 Å². The molecule has 0 saturated carbocycles. The van der Waals surface area contributed by atoms with Crippen LogP contribution < -0.4 is 5.32 Å². The van der Waals surface area contributed by atoms with Crippen molar-refractivity contribution in [2.45, 2.75) is 25.2 Å². The van der Waals surface area contributed by atoms with E-state index in [1.807, 2.05) is 6.07 Å². The van der Waals surface area contributed by atoms with Gasteiger partial charge < -0.3 is 10.1 Å². The van der Waals surface area contributed by atoms with Crippen molar-refractivity contribution < 1.29 is 18.3 Å². The van der Waals surface area contributed by atoms with Gasteiger partial charge in [-0.1, -0.05) is 18.2 Å². The Hall–Kier alpha value is -2.27. The molecule has 3 rings (SSSR count). The first-order valence-corrected chi connectivity index (χ1v) is 8.39. The summed E-state index contributed by atoms with van der Waals surface area (Å²) in [4.78, 5) is 11.8. The second-order valence-electron chi connectivity index (χ2n) is 6.48. The molecular formula is C20H21F2NO2. The van der Waals surface area contributed by atoms with Gasteiger partial charge in [0.1, 0.15) is 11.6 Å². The molecule has 1 fully saturated rings. The zero-order chi connectivity index (χ0) is 17.9. The second kappa shape index (κ2) is 7.31. The third kappa shape index (κ3) is 3.71. The smallest absolute Gasteiger partial charge is 0.164 e. The van der Waals surface area contributed by atoms with Crippen LogP contribution in [0.5, 0.6) is 0 Å². The summed E-state index contributed by atoms with van der Waals surface area (Å²) in [6.07, 6.45) is 1.46. The van der Waals surface area contributed by atoms with Crippen LogP contribution >= 0.6 is 0 Å². The molecular weight excluding hydrogens is 324 g/mol. The molecule has 25 heavy (non-hydrogen) atoms. The zero-order valence-electron chi connectivity index (χ0n) is 14.1. The van der Waals surface area contributed by atoms with E-state index in [-0.39, 0.29) is 22.6 Å². The third-order valence-corrected chi connectivity index (χ3v) is 4.87. The number of rotatable bonds is 5. The van der Waals surface area contributed by atoms with Gasteiger partial charge in [0.05, 0.1) is 5.56 Å². The largest absolute Gasteiger partial charge is 0.383 e. The van der Waals surface area contributed by atoms with Crippen LogP contribution in [0, 0.1) is 11.6 Å². The molecule has 0 aromatic heterocycles. The van der Waals surface area contributed by atoms with Crippen molar-refractivity contribution in [2.24, 2.45) is 0 Å². The topological polar surface area (TPSA) is 38.3 Å². The Morgan fingerprint density at radius 2 is 1.88 bits per heavy atom. The van der Waals surface area contributed by atoms with Crippen molar-refractivity contribution >= 4 is 11.5 Å². The molecule has 0 aliphatic carbocycles. The van der Waals surface area contributed by atoms with Crippen LogP contribution in [0.2, 0.25) is 0 Å². The molecule has 1 N–H and O–H groups in total. The zero-order valence-corrected chi connectivity index (χ0v) is 14.1. The summed E-state index contributed by atoms with van der Waals surface area (Å²) < 4.78 is 33.2. The van der Waals surface area contributed by atoms with Crippen molar-refractivity contribution in [3.8, 4) is 0 Å². The maximum absolute atomic E-state index is 14.0. The molecule has 0 unspecified atom stereocenters. The fourth-order valence-corrected chi connectivity index (χ4v) is 3.44. The van der Waals surface area contributed by atoms with Gasteiger partial charge in [0, 0.05) is 30.9 Å². The van der Waals surface area contributed by atoms with E-state index in [1.54, 1.807) is 24.3 Å². The van der Waals surface area contributed by atoms with Crippen LogP contribution in [0.15, 0.2) is 42.5 Å². The van der Waals surface area contributed by atoms with Gasteiger partial charge in [-0.3, -0.25) is 4.79 Å². The maximum atomic E-state index is 14.0. The molecule has 2 aromatic rings. The summed E-state index contributed by atoms with van der Waals surface area (Å²) in [5.74, 6) is -1.14. The van der Waals surface area contributed by atoms with E-state index >= 15 is 0 Å². The van der Waals surface area contributed by atoms with Crippen LogP contribution in [0.25, 0.3) is 0 Å². The molecule has 3 nitrogen and oxygen atoms in total. The predicted molar refractivity (Wildman–Crippen MR) is 93.0 cm³/mol. The Labute approximate surface area is 146 Å². The van der Waals surface area contributed by atoms with Gasteiger partial charge in [0.25, 0.3) is 0 Å². The number of nitrogens with one attached hydrogen (secondary N) is 1. The van der Waals surface area contributed by atoms with E-state index in [2.05, 4.69) is 5.32 Å². The van der Waals surface area contributed by atoms with Crippen LogP contribution in [-0.2, 0) is 10.2 Å². The van der Waals surface area contributed by atoms with E-state index in [0.717, 1.165) is 18.4 Å². The molecule has 5 heteroatoms. The van der Waals surface area contributed by atoms with Crippen molar-refractivity contribution in [3.63, 3.8) is 0 Å². The lowest BCUT2D eigenvalue weighted by atomic mass is 9.74. The number of hydrogen-bond acceptors (Lipinski definition) is 3. The minimum absolute atomic E-state index is 0.0592. The van der Waals surface area contributed by atoms with Crippen molar-refractivity contribution in [1.82, 2.24) is 0 Å². The molecule has 1 aliphatic rings. The van der Waals surface area contributed by atoms with E-state index in [9.17, 15) is 13.6 Å². The number of halogens is 2. The van der Waals surface area contributed by atoms with Crippen molar-refractivity contribution in [3.05, 3.63) is 65.2 Å². The fraction of sp³-hybridized carbons (Fsp3) is 0.350. The van der Waals surface area contributed by atoms with Crippen molar-refractivity contribution in [1.29, 1.82) is 0 Å². The number of hydrogen-bond donors (Lipinski definition) is 1. The Balaban J connectivity index is 1.90. The molecule has 1 saturated heterocycles. The maximum Gasteiger partial charge on any atom is 0.164 e. The molecule has 2 aromatic carbocycles. The lowest BCUT2D eigenvalue weighted by molar-refractivity contribution is 0.0542. The summed E-state index contributed by atoms with van der Waals surface area (Å²) in [6, 6.07) is 11.1. The number of anilines is 1. The molecule has 0 atom stereocenters. The van der Waals surface area contributed by atoms with Gasteiger partial charge in [-0.2, -0.15) is 0 Å². The lowest BCUT2D eigenvalue weighted by Gasteiger charge is -2.38. The SMILES string of the molecule is CC(=O)c1c(F)cccc1NCC1(c2cccc(F)c2)CCOCC1. The molecule has 0 radical (unpaired) electrons. The normalized spacial score (nSPS) is 16.4. The first kappa shape index (κ1) is 17.5. The Bertz CT molecular complexity index is 770. The number of ketones is 1. The van der Waals surface area contributed by atoms with Gasteiger partial charge in [-0.15, -0.1) is 0 Å². The summed E-state index contributed by atoms with van der Waals surface area (Å²) in [6.45, 7) is 2.99. The Morgan fingerprint density at radius 3 is 2.56 bits per heavy atom. The number of benzene rings is 2. The van der Waals surface area contributed by atoms with Gasteiger partial charge in [-0.25, -0.2) is 8.78 Å². The standard InChI is InChI=1S/C20H21F2NO2/c1-14(24)19-17(22)6-3-7-18(19)23-13-20(8-10-25-11-9-20)15-4-2-5-16(21)12-15/h2-7,12,23H,8-11,13H2,1H3. The van der Waals surface area contributed by atoms with Crippen LogP contribution in [0.1, 0.15) is 35.7 Å². The average Bonchev–Trinajstić information content (AvgIpc) is 2.60. The Kier molecular flexibility index (Phi) is 5.13. The fourth-order valence-electron chi connectivity index (χ4n) is 3.44. The van der Waals surface area contributed by atoms with Crippen LogP contribution in [-0.4, -0.2) is 25.5 Å². The highest BCUT2D eigenvalue weighted by atomic mass is 19.1. The van der Waals surface area contributed by atoms with Crippen molar-refractivity contribution in [2.75, 3.05) is 25.1 Å². The Morgan fingerprint density at radius 1 is 1.16 bits per heavy atom. The minimum Gasteiger partial charge on any atom is -0.383 e. The van der Waals surface area contributed by atoms with E-state index in [0.29, 0.717) is 25.4 Å². The highest BCUT2D eigenvalue weighted by Gasteiger charge is 2.35. The number of Topliss-reactive ketones (excluding diaryl/α,β-unsaturated/α-hetero) is 1. The van der Waals surface area contributed by atoms with E-state index in [1.165, 1.54) is 19.1 Å². The number of ether oxygens (including phenoxy) is 1. The predicted octanol–water partition coefficient (Wildman–Crippen LogP) is 4.33. The molecule has 0 amide bonds. The van der Waals surface area contributed by atoms with Gasteiger partial charge in [0.15, 0.2) is 5.78 Å². The summed E-state index contributed by atoms with van der Waals surface area (Å²) in [7, 11) is 0. The van der Waals surface area contributed by atoms with Crippen LogP contribution in [0.4, 0.5) is 14.5 Å². The summed E-state index contributed by atoms with van der Waals surface area (Å²) >= 11 is 0. The van der Waals surface area contributed by atoms with Gasteiger partial charge in [-0.05, 0) is 49.6 Å². The quantitative estimate of drug-likeness (QED) is 0.820. The highest BCUT2D eigenvalue weighted by Crippen LogP contribution is 2.36. The summed E-state index contributed by atoms with van der Waals surface area (Å²) in [5, 5.41) is 3.23. The highest BCUT2D eigenvalue weighted by molar-refractivity contribution is 5.99. The molecule has 0 bridgehead atoms. The molecule has 132 valence electrons. The third-order valence-electron chi connectivity index (χ3n) is 4.87. The second-order valence-corrected chi connectivity index (χ2v) is 6.48. The number of carbonyl (C=O) groups is 1. The number of carbonyl (C=O) groups excluding carboxylic acids is 1. The molecule has 0 spiro atoms. The monoisotopic (exact) mass is 345 g/mol. The van der Waals surface area contributed by atoms with E-state index < -0.39 is 5.82 Å². The van der Waals surface area contributed by atoms with Crippen LogP contribution in [0.3, 0.4) is 0 Å². The molecule has 1 aliphatic heterocycles. The lowest BCUT2D eigenvalue weighted by Crippen LogP contribution is -2.40. The summed E-state index contributed by atoms with van der Waals surface area (Å²) in [5.41, 5.74) is 1.10. The average molecular weight is 345 g/mol. The minimum atomic E-state index is -0.538. The first-order valence-electron chi connectivity index (χ1n) is 8.39.